The molecule has 160 valence electrons. The highest BCUT2D eigenvalue weighted by Gasteiger charge is 2.15. The minimum absolute atomic E-state index is 0.144. The van der Waals surface area contributed by atoms with E-state index in [0.717, 1.165) is 20.1 Å². The molecule has 9 heteroatoms. The number of halogens is 3. The summed E-state index contributed by atoms with van der Waals surface area (Å²) < 4.78 is 1.95. The molecule has 32 heavy (non-hydrogen) atoms. The normalized spacial score (nSPS) is 10.7. The minimum Gasteiger partial charge on any atom is -0.325 e. The number of nitrogens with one attached hydrogen (secondary N) is 1. The van der Waals surface area contributed by atoms with Gasteiger partial charge in [-0.1, -0.05) is 85.6 Å². The van der Waals surface area contributed by atoms with E-state index in [4.69, 9.17) is 16.6 Å². The van der Waals surface area contributed by atoms with Crippen molar-refractivity contribution in [2.75, 3.05) is 11.1 Å². The number of nitrogens with zero attached hydrogens (tertiary/aromatic N) is 3. The van der Waals surface area contributed by atoms with Crippen LogP contribution in [-0.2, 0) is 4.79 Å². The highest BCUT2D eigenvalue weighted by atomic mass is 79.9. The summed E-state index contributed by atoms with van der Waals surface area (Å²) in [5, 5.41) is 12.5. The number of carbonyl (C=O) groups is 1. The molecule has 0 unspecified atom stereocenters. The summed E-state index contributed by atoms with van der Waals surface area (Å²) in [6.45, 7) is 0. The van der Waals surface area contributed by atoms with E-state index < -0.39 is 0 Å². The average molecular weight is 591 g/mol. The van der Waals surface area contributed by atoms with Crippen LogP contribution in [0.2, 0.25) is 5.02 Å². The number of hydrogen-bond donors (Lipinski definition) is 1. The van der Waals surface area contributed by atoms with Gasteiger partial charge in [-0.05, 0) is 42.5 Å². The third-order valence-electron chi connectivity index (χ3n) is 4.34. The number of benzene rings is 3. The van der Waals surface area contributed by atoms with Gasteiger partial charge in [-0.15, -0.1) is 10.2 Å². The van der Waals surface area contributed by atoms with Gasteiger partial charge in [0.05, 0.1) is 5.75 Å². The van der Waals surface area contributed by atoms with Gasteiger partial charge in [-0.3, -0.25) is 4.79 Å². The number of aromatic nitrogens is 3. The summed E-state index contributed by atoms with van der Waals surface area (Å²) in [7, 11) is 0. The summed E-state index contributed by atoms with van der Waals surface area (Å²) in [4.78, 5) is 17.1. The van der Waals surface area contributed by atoms with Crippen LogP contribution in [-0.4, -0.2) is 26.8 Å². The monoisotopic (exact) mass is 588 g/mol. The standard InChI is InChI=1S/C23H15Br2ClN4OS/c24-16-8-4-14(5-9-16)21-22(15-6-10-17(25)11-7-15)29-30-23(28-21)32-13-20(31)27-19-3-1-2-18(26)12-19/h1-12H,13H2,(H,27,31). The molecule has 0 spiro atoms. The maximum Gasteiger partial charge on any atom is 0.234 e. The third-order valence-corrected chi connectivity index (χ3v) is 6.47. The van der Waals surface area contributed by atoms with Crippen molar-refractivity contribution in [1.82, 2.24) is 15.2 Å². The Morgan fingerprint density at radius 2 is 1.50 bits per heavy atom. The molecule has 1 amide bonds. The second-order valence-electron chi connectivity index (χ2n) is 6.65. The van der Waals surface area contributed by atoms with Gasteiger partial charge in [-0.2, -0.15) is 0 Å². The Kier molecular flexibility index (Phi) is 7.57. The van der Waals surface area contributed by atoms with Crippen molar-refractivity contribution in [2.24, 2.45) is 0 Å². The van der Waals surface area contributed by atoms with Crippen LogP contribution in [0.3, 0.4) is 0 Å². The predicted octanol–water partition coefficient (Wildman–Crippen LogP) is 7.11. The van der Waals surface area contributed by atoms with E-state index in [1.165, 1.54) is 11.8 Å². The van der Waals surface area contributed by atoms with Gasteiger partial charge in [0.15, 0.2) is 0 Å². The summed E-state index contributed by atoms with van der Waals surface area (Å²) in [5.74, 6) is -0.0333. The second kappa shape index (κ2) is 10.6. The minimum atomic E-state index is -0.178. The Bertz CT molecular complexity index is 1250. The van der Waals surface area contributed by atoms with Gasteiger partial charge < -0.3 is 5.32 Å². The van der Waals surface area contributed by atoms with E-state index in [-0.39, 0.29) is 11.7 Å². The average Bonchev–Trinajstić information content (AvgIpc) is 2.79. The summed E-state index contributed by atoms with van der Waals surface area (Å²) in [6, 6.07) is 22.7. The van der Waals surface area contributed by atoms with Gasteiger partial charge >= 0.3 is 0 Å². The Balaban J connectivity index is 1.58. The van der Waals surface area contributed by atoms with Crippen LogP contribution in [0.25, 0.3) is 22.5 Å². The third kappa shape index (κ3) is 5.95. The van der Waals surface area contributed by atoms with Gasteiger partial charge in [0, 0.05) is 30.8 Å². The number of rotatable bonds is 6. The van der Waals surface area contributed by atoms with Gasteiger partial charge in [0.25, 0.3) is 0 Å². The lowest BCUT2D eigenvalue weighted by Gasteiger charge is -2.10. The maximum atomic E-state index is 12.3. The molecular weight excluding hydrogens is 576 g/mol. The van der Waals surface area contributed by atoms with Crippen LogP contribution >= 0.6 is 55.2 Å². The fraction of sp³-hybridized carbons (Fsp3) is 0.0435. The molecule has 1 N–H and O–H groups in total. The first-order chi connectivity index (χ1) is 15.5. The smallest absolute Gasteiger partial charge is 0.234 e. The lowest BCUT2D eigenvalue weighted by atomic mass is 10.0. The maximum absolute atomic E-state index is 12.3. The van der Waals surface area contributed by atoms with Crippen molar-refractivity contribution in [1.29, 1.82) is 0 Å². The number of hydrogen-bond acceptors (Lipinski definition) is 5. The highest BCUT2D eigenvalue weighted by molar-refractivity contribution is 9.10. The largest absolute Gasteiger partial charge is 0.325 e. The van der Waals surface area contributed by atoms with Crippen LogP contribution in [0.1, 0.15) is 0 Å². The zero-order chi connectivity index (χ0) is 22.5. The Morgan fingerprint density at radius 1 is 0.875 bits per heavy atom. The number of thioether (sulfide) groups is 1. The van der Waals surface area contributed by atoms with Gasteiger partial charge in [-0.25, -0.2) is 4.98 Å². The van der Waals surface area contributed by atoms with E-state index in [2.05, 4.69) is 47.4 Å². The summed E-state index contributed by atoms with van der Waals surface area (Å²) in [6.07, 6.45) is 0. The molecule has 1 heterocycles. The van der Waals surface area contributed by atoms with Crippen LogP contribution < -0.4 is 5.32 Å². The first-order valence-corrected chi connectivity index (χ1v) is 12.4. The molecule has 4 rings (SSSR count). The van der Waals surface area contributed by atoms with Crippen molar-refractivity contribution in [3.8, 4) is 22.5 Å². The molecule has 5 nitrogen and oxygen atoms in total. The first-order valence-electron chi connectivity index (χ1n) is 9.43. The van der Waals surface area contributed by atoms with Crippen molar-refractivity contribution < 1.29 is 4.79 Å². The van der Waals surface area contributed by atoms with E-state index >= 15 is 0 Å². The molecule has 0 fully saturated rings. The molecule has 0 radical (unpaired) electrons. The van der Waals surface area contributed by atoms with E-state index in [1.807, 2.05) is 48.5 Å². The van der Waals surface area contributed by atoms with Gasteiger partial charge in [0.1, 0.15) is 11.4 Å². The number of amides is 1. The lowest BCUT2D eigenvalue weighted by molar-refractivity contribution is -0.113. The highest BCUT2D eigenvalue weighted by Crippen LogP contribution is 2.31. The van der Waals surface area contributed by atoms with E-state index in [9.17, 15) is 4.79 Å². The Labute approximate surface area is 211 Å². The van der Waals surface area contributed by atoms with Crippen molar-refractivity contribution in [3.05, 3.63) is 86.8 Å². The molecule has 1 aromatic heterocycles. The number of carbonyl (C=O) groups excluding carboxylic acids is 1. The fourth-order valence-corrected chi connectivity index (χ4v) is 4.18. The van der Waals surface area contributed by atoms with Crippen LogP contribution in [0.5, 0.6) is 0 Å². The van der Waals surface area contributed by atoms with Crippen molar-refractivity contribution in [3.63, 3.8) is 0 Å². The molecule has 4 aromatic rings. The molecular formula is C23H15Br2ClN4OS. The lowest BCUT2D eigenvalue weighted by Crippen LogP contribution is -2.14. The predicted molar refractivity (Wildman–Crippen MR) is 137 cm³/mol. The van der Waals surface area contributed by atoms with Crippen molar-refractivity contribution >= 4 is 66.8 Å². The molecule has 0 aliphatic heterocycles. The van der Waals surface area contributed by atoms with Gasteiger partial charge in [0.2, 0.25) is 11.1 Å². The van der Waals surface area contributed by atoms with Crippen molar-refractivity contribution in [2.45, 2.75) is 5.16 Å². The van der Waals surface area contributed by atoms with E-state index in [1.54, 1.807) is 24.3 Å². The molecule has 0 atom stereocenters. The second-order valence-corrected chi connectivity index (χ2v) is 9.86. The molecule has 0 aliphatic carbocycles. The molecule has 0 saturated carbocycles. The SMILES string of the molecule is O=C(CSc1nnc(-c2ccc(Br)cc2)c(-c2ccc(Br)cc2)n1)Nc1cccc(Cl)c1. The van der Waals surface area contributed by atoms with E-state index in [0.29, 0.717) is 27.3 Å². The molecule has 0 saturated heterocycles. The van der Waals surface area contributed by atoms with Crippen LogP contribution in [0.15, 0.2) is 86.9 Å². The zero-order valence-corrected chi connectivity index (χ0v) is 21.2. The Morgan fingerprint density at radius 3 is 2.12 bits per heavy atom. The topological polar surface area (TPSA) is 67.8 Å². The molecule has 3 aromatic carbocycles. The van der Waals surface area contributed by atoms with Crippen LogP contribution in [0.4, 0.5) is 5.69 Å². The summed E-state index contributed by atoms with van der Waals surface area (Å²) in [5.41, 5.74) is 3.83. The van der Waals surface area contributed by atoms with Crippen LogP contribution in [0, 0.1) is 0 Å². The first kappa shape index (κ1) is 22.9. The number of anilines is 1. The zero-order valence-electron chi connectivity index (χ0n) is 16.4. The molecule has 0 bridgehead atoms. The quantitative estimate of drug-likeness (QED) is 0.242. The fourth-order valence-electron chi connectivity index (χ4n) is 2.88. The summed E-state index contributed by atoms with van der Waals surface area (Å²) >= 11 is 14.1. The Hall–Kier alpha value is -2.26. The molecule has 0 aliphatic rings.